The predicted molar refractivity (Wildman–Crippen MR) is 96.8 cm³/mol. The van der Waals surface area contributed by atoms with Crippen molar-refractivity contribution in [2.24, 2.45) is 5.10 Å². The monoisotopic (exact) mass is 337 g/mol. The number of hydrogen-bond acceptors (Lipinski definition) is 4. The second kappa shape index (κ2) is 5.49. The minimum absolute atomic E-state index is 0.158. The Morgan fingerprint density at radius 2 is 1.92 bits per heavy atom. The van der Waals surface area contributed by atoms with Gasteiger partial charge in [-0.1, -0.05) is 29.8 Å². The summed E-state index contributed by atoms with van der Waals surface area (Å²) in [5, 5.41) is 7.29. The van der Waals surface area contributed by atoms with Crippen LogP contribution in [0.15, 0.2) is 53.3 Å². The fourth-order valence-electron chi connectivity index (χ4n) is 2.92. The van der Waals surface area contributed by atoms with Crippen molar-refractivity contribution in [2.45, 2.75) is 19.4 Å². The zero-order chi connectivity index (χ0) is 16.8. The molecule has 2 N–H and O–H groups in total. The maximum atomic E-state index is 11.7. The fourth-order valence-corrected chi connectivity index (χ4v) is 3.09. The third-order valence-corrected chi connectivity index (χ3v) is 4.52. The van der Waals surface area contributed by atoms with Gasteiger partial charge in [-0.2, -0.15) is 5.10 Å². The highest BCUT2D eigenvalue weighted by Crippen LogP contribution is 2.32. The highest BCUT2D eigenvalue weighted by atomic mass is 35.5. The molecule has 1 unspecified atom stereocenters. The Balaban J connectivity index is 1.92. The fraction of sp³-hybridized carbons (Fsp3) is 0.158. The lowest BCUT2D eigenvalue weighted by Gasteiger charge is -2.18. The van der Waals surface area contributed by atoms with Gasteiger partial charge in [0.1, 0.15) is 6.04 Å². The van der Waals surface area contributed by atoms with Crippen LogP contribution in [-0.4, -0.2) is 22.5 Å². The number of rotatable bonds is 2. The number of allylic oxidation sites excluding steroid dienone is 1. The van der Waals surface area contributed by atoms with Crippen LogP contribution in [-0.2, 0) is 4.79 Å². The number of anilines is 1. The lowest BCUT2D eigenvalue weighted by atomic mass is 9.97. The van der Waals surface area contributed by atoms with Crippen LogP contribution in [0.4, 0.5) is 5.69 Å². The number of carbonyl (C=O) groups excluding carboxylic acids is 1. The molecule has 0 amide bonds. The van der Waals surface area contributed by atoms with E-state index in [9.17, 15) is 4.79 Å². The molecule has 1 aliphatic carbocycles. The Kier molecular flexibility index (Phi) is 3.43. The zero-order valence-corrected chi connectivity index (χ0v) is 13.9. The van der Waals surface area contributed by atoms with E-state index in [0.717, 1.165) is 28.1 Å². The molecule has 24 heavy (non-hydrogen) atoms. The topological polar surface area (TPSA) is 58.7 Å². The van der Waals surface area contributed by atoms with Crippen LogP contribution in [0, 0.1) is 0 Å². The molecular formula is C19H16ClN3O. The van der Waals surface area contributed by atoms with Crippen LogP contribution in [0.25, 0.3) is 6.08 Å². The quantitative estimate of drug-likeness (QED) is 0.850. The van der Waals surface area contributed by atoms with Gasteiger partial charge in [-0.3, -0.25) is 9.80 Å². The second-order valence-electron chi connectivity index (χ2n) is 6.12. The summed E-state index contributed by atoms with van der Waals surface area (Å²) in [7, 11) is 0. The number of hydrogen-bond donors (Lipinski definition) is 1. The summed E-state index contributed by atoms with van der Waals surface area (Å²) in [6.07, 6.45) is 2.59. The summed E-state index contributed by atoms with van der Waals surface area (Å²) >= 11 is 6.22. The first kappa shape index (κ1) is 15.0. The van der Waals surface area contributed by atoms with Crippen LogP contribution < -0.4 is 5.73 Å². The molecule has 2 aromatic rings. The van der Waals surface area contributed by atoms with Crippen LogP contribution in [0.1, 0.15) is 30.0 Å². The van der Waals surface area contributed by atoms with Crippen LogP contribution in [0.2, 0.25) is 5.02 Å². The van der Waals surface area contributed by atoms with Crippen molar-refractivity contribution in [3.63, 3.8) is 0 Å². The van der Waals surface area contributed by atoms with Crippen LogP contribution in [0.5, 0.6) is 0 Å². The Hall–Kier alpha value is -2.59. The Labute approximate surface area is 145 Å². The predicted octanol–water partition coefficient (Wildman–Crippen LogP) is 3.69. The first-order valence-corrected chi connectivity index (χ1v) is 8.15. The molecule has 0 saturated heterocycles. The second-order valence-corrected chi connectivity index (χ2v) is 6.56. The van der Waals surface area contributed by atoms with Crippen molar-refractivity contribution >= 4 is 34.9 Å². The maximum Gasteiger partial charge on any atom is 0.160 e. The third kappa shape index (κ3) is 2.59. The molecular weight excluding hydrogens is 322 g/mol. The molecule has 1 saturated carbocycles. The number of halogens is 1. The van der Waals surface area contributed by atoms with E-state index in [1.807, 2.05) is 60.5 Å². The van der Waals surface area contributed by atoms with Crippen molar-refractivity contribution in [3.8, 4) is 0 Å². The smallest absolute Gasteiger partial charge is 0.160 e. The summed E-state index contributed by atoms with van der Waals surface area (Å²) in [4.78, 5) is 11.7. The number of benzene rings is 2. The van der Waals surface area contributed by atoms with E-state index in [0.29, 0.717) is 17.1 Å². The van der Waals surface area contributed by atoms with E-state index in [-0.39, 0.29) is 11.8 Å². The van der Waals surface area contributed by atoms with Crippen molar-refractivity contribution in [3.05, 3.63) is 69.9 Å². The molecule has 4 nitrogen and oxygen atoms in total. The highest BCUT2D eigenvalue weighted by molar-refractivity contribution is 6.31. The molecule has 1 aliphatic heterocycles. The van der Waals surface area contributed by atoms with Crippen molar-refractivity contribution in [2.75, 3.05) is 5.73 Å². The number of nitrogen functional groups attached to an aromatic ring is 1. The summed E-state index contributed by atoms with van der Waals surface area (Å²) in [6, 6.07) is 13.2. The average molecular weight is 338 g/mol. The summed E-state index contributed by atoms with van der Waals surface area (Å²) < 4.78 is 0. The van der Waals surface area contributed by atoms with Crippen LogP contribution in [0.3, 0.4) is 0 Å². The summed E-state index contributed by atoms with van der Waals surface area (Å²) in [5.74, 6) is 0.215. The van der Waals surface area contributed by atoms with Crippen molar-refractivity contribution < 1.29 is 4.79 Å². The minimum Gasteiger partial charge on any atom is -0.399 e. The molecule has 2 aromatic carbocycles. The molecule has 1 heterocycles. The van der Waals surface area contributed by atoms with Gasteiger partial charge in [0.15, 0.2) is 5.78 Å². The van der Waals surface area contributed by atoms with Gasteiger partial charge in [0, 0.05) is 34.0 Å². The molecule has 2 aliphatic rings. The number of nitrogens with zero attached hydrogens (tertiary/aromatic N) is 2. The minimum atomic E-state index is -0.158. The lowest BCUT2D eigenvalue weighted by molar-refractivity contribution is -0.111. The van der Waals surface area contributed by atoms with Gasteiger partial charge >= 0.3 is 0 Å². The largest absolute Gasteiger partial charge is 0.399 e. The first-order chi connectivity index (χ1) is 11.5. The zero-order valence-electron chi connectivity index (χ0n) is 13.2. The molecule has 0 bridgehead atoms. The molecule has 120 valence electrons. The van der Waals surface area contributed by atoms with Gasteiger partial charge in [0.2, 0.25) is 0 Å². The van der Waals surface area contributed by atoms with E-state index < -0.39 is 0 Å². The van der Waals surface area contributed by atoms with Gasteiger partial charge in [-0.15, -0.1) is 0 Å². The van der Waals surface area contributed by atoms with E-state index in [1.165, 1.54) is 0 Å². The normalized spacial score (nSPS) is 19.3. The third-order valence-electron chi connectivity index (χ3n) is 4.29. The molecule has 0 aromatic heterocycles. The Morgan fingerprint density at radius 3 is 2.58 bits per heavy atom. The van der Waals surface area contributed by atoms with Crippen molar-refractivity contribution in [1.82, 2.24) is 5.01 Å². The number of fused-ring (bicyclic) bond motifs is 1. The standard InChI is InChI=1S/C19H16ClN3O/c1-11-8-13-2-5-14(20)9-16(13)19(12-3-6-15(21)7-4-12)22-23(11)17-10-18(17)24/h2-9,17H,10,21H2,1H3. The Morgan fingerprint density at radius 1 is 1.21 bits per heavy atom. The molecule has 1 fully saturated rings. The van der Waals surface area contributed by atoms with Gasteiger partial charge < -0.3 is 5.73 Å². The maximum absolute atomic E-state index is 11.7. The summed E-state index contributed by atoms with van der Waals surface area (Å²) in [5.41, 5.74) is 11.2. The number of nitrogens with two attached hydrogens (primary N) is 1. The van der Waals surface area contributed by atoms with E-state index >= 15 is 0 Å². The molecule has 5 heteroatoms. The van der Waals surface area contributed by atoms with E-state index in [4.69, 9.17) is 22.4 Å². The van der Waals surface area contributed by atoms with Gasteiger partial charge in [-0.05, 0) is 42.8 Å². The van der Waals surface area contributed by atoms with Crippen molar-refractivity contribution in [1.29, 1.82) is 0 Å². The molecule has 0 radical (unpaired) electrons. The Bertz CT molecular complexity index is 899. The van der Waals surface area contributed by atoms with Gasteiger partial charge in [-0.25, -0.2) is 0 Å². The lowest BCUT2D eigenvalue weighted by Crippen LogP contribution is -2.21. The van der Waals surface area contributed by atoms with E-state index in [2.05, 4.69) is 0 Å². The molecule has 1 atom stereocenters. The van der Waals surface area contributed by atoms with E-state index in [1.54, 1.807) is 0 Å². The molecule has 4 rings (SSSR count). The number of carbonyl (C=O) groups is 1. The van der Waals surface area contributed by atoms with Gasteiger partial charge in [0.05, 0.1) is 5.71 Å². The first-order valence-electron chi connectivity index (χ1n) is 7.77. The SMILES string of the molecule is CC1=Cc2ccc(Cl)cc2C(c2ccc(N)cc2)=NN1C1CC1=O. The number of hydrazone groups is 1. The number of ketones is 1. The average Bonchev–Trinajstić information content (AvgIpc) is 3.29. The highest BCUT2D eigenvalue weighted by Gasteiger charge is 2.41. The number of Topliss-reactive ketones (excluding diaryl/α,β-unsaturated/α-hetero) is 1. The van der Waals surface area contributed by atoms with Crippen LogP contribution >= 0.6 is 11.6 Å². The summed E-state index contributed by atoms with van der Waals surface area (Å²) in [6.45, 7) is 1.97. The van der Waals surface area contributed by atoms with Gasteiger partial charge in [0.25, 0.3) is 0 Å². The molecule has 0 spiro atoms.